The fourth-order valence-electron chi connectivity index (χ4n) is 2.38. The molecule has 100 valence electrons. The minimum Gasteiger partial charge on any atom is -0.378 e. The number of aryl methyl sites for hydroxylation is 1. The SMILES string of the molecule is Cc1nccn1-c1ncccc1NC1CCCSC1. The third-order valence-electron chi connectivity index (χ3n) is 3.36. The van der Waals surface area contributed by atoms with E-state index in [4.69, 9.17) is 0 Å². The minimum absolute atomic E-state index is 0.547. The van der Waals surface area contributed by atoms with Gasteiger partial charge in [-0.15, -0.1) is 0 Å². The highest BCUT2D eigenvalue weighted by Gasteiger charge is 2.16. The zero-order valence-electron chi connectivity index (χ0n) is 11.0. The summed E-state index contributed by atoms with van der Waals surface area (Å²) in [6, 6.07) is 4.63. The van der Waals surface area contributed by atoms with Crippen molar-refractivity contribution in [3.8, 4) is 5.82 Å². The number of anilines is 1. The molecular weight excluding hydrogens is 256 g/mol. The number of nitrogens with zero attached hydrogens (tertiary/aromatic N) is 3. The predicted molar refractivity (Wildman–Crippen MR) is 80.1 cm³/mol. The molecule has 0 spiro atoms. The van der Waals surface area contributed by atoms with Crippen molar-refractivity contribution < 1.29 is 0 Å². The van der Waals surface area contributed by atoms with Gasteiger partial charge in [-0.3, -0.25) is 4.57 Å². The molecule has 0 saturated carbocycles. The van der Waals surface area contributed by atoms with Gasteiger partial charge in [-0.2, -0.15) is 11.8 Å². The molecule has 1 atom stereocenters. The highest BCUT2D eigenvalue weighted by atomic mass is 32.2. The molecule has 2 aromatic heterocycles. The second kappa shape index (κ2) is 5.65. The first-order valence-corrected chi connectivity index (χ1v) is 7.79. The molecule has 1 aliphatic heterocycles. The van der Waals surface area contributed by atoms with E-state index in [1.165, 1.54) is 24.3 Å². The lowest BCUT2D eigenvalue weighted by atomic mass is 10.2. The number of imidazole rings is 1. The van der Waals surface area contributed by atoms with Crippen LogP contribution in [0.1, 0.15) is 18.7 Å². The number of rotatable bonds is 3. The Balaban J connectivity index is 1.87. The summed E-state index contributed by atoms with van der Waals surface area (Å²) in [5.74, 6) is 4.36. The molecule has 1 unspecified atom stereocenters. The second-order valence-corrected chi connectivity index (χ2v) is 5.93. The Morgan fingerprint density at radius 3 is 3.05 bits per heavy atom. The van der Waals surface area contributed by atoms with Crippen LogP contribution >= 0.6 is 11.8 Å². The molecule has 3 heterocycles. The molecule has 2 aromatic rings. The van der Waals surface area contributed by atoms with Crippen molar-refractivity contribution in [1.82, 2.24) is 14.5 Å². The van der Waals surface area contributed by atoms with Crippen LogP contribution in [0.3, 0.4) is 0 Å². The normalized spacial score (nSPS) is 19.3. The molecule has 4 nitrogen and oxygen atoms in total. The van der Waals surface area contributed by atoms with E-state index in [0.29, 0.717) is 6.04 Å². The Bertz CT molecular complexity index is 546. The Kier molecular flexibility index (Phi) is 3.73. The predicted octanol–water partition coefficient (Wildman–Crippen LogP) is 2.88. The van der Waals surface area contributed by atoms with E-state index in [9.17, 15) is 0 Å². The molecule has 1 N–H and O–H groups in total. The van der Waals surface area contributed by atoms with Gasteiger partial charge < -0.3 is 5.32 Å². The van der Waals surface area contributed by atoms with E-state index in [1.807, 2.05) is 47.9 Å². The van der Waals surface area contributed by atoms with Gasteiger partial charge >= 0.3 is 0 Å². The standard InChI is InChI=1S/C14H18N4S/c1-11-15-7-8-18(11)14-13(5-2-6-16-14)17-12-4-3-9-19-10-12/h2,5-8,12,17H,3-4,9-10H2,1H3. The smallest absolute Gasteiger partial charge is 0.161 e. The zero-order chi connectivity index (χ0) is 13.1. The molecule has 0 amide bonds. The van der Waals surface area contributed by atoms with E-state index in [0.717, 1.165) is 17.3 Å². The van der Waals surface area contributed by atoms with Crippen LogP contribution in [-0.2, 0) is 0 Å². The highest BCUT2D eigenvalue weighted by Crippen LogP contribution is 2.24. The van der Waals surface area contributed by atoms with Gasteiger partial charge in [0.15, 0.2) is 5.82 Å². The van der Waals surface area contributed by atoms with Gasteiger partial charge in [0, 0.05) is 30.4 Å². The van der Waals surface area contributed by atoms with E-state index in [2.05, 4.69) is 21.4 Å². The maximum absolute atomic E-state index is 4.50. The third kappa shape index (κ3) is 2.76. The van der Waals surface area contributed by atoms with Crippen molar-refractivity contribution in [2.24, 2.45) is 0 Å². The van der Waals surface area contributed by atoms with Gasteiger partial charge in [0.25, 0.3) is 0 Å². The first-order valence-electron chi connectivity index (χ1n) is 6.64. The molecular formula is C14H18N4S. The van der Waals surface area contributed by atoms with Crippen LogP contribution in [-0.4, -0.2) is 32.1 Å². The lowest BCUT2D eigenvalue weighted by molar-refractivity contribution is 0.683. The Hall–Kier alpha value is -1.49. The summed E-state index contributed by atoms with van der Waals surface area (Å²) in [5, 5.41) is 3.63. The monoisotopic (exact) mass is 274 g/mol. The fraction of sp³-hybridized carbons (Fsp3) is 0.429. The van der Waals surface area contributed by atoms with Crippen molar-refractivity contribution in [2.75, 3.05) is 16.8 Å². The van der Waals surface area contributed by atoms with Crippen molar-refractivity contribution in [3.05, 3.63) is 36.5 Å². The van der Waals surface area contributed by atoms with Crippen molar-refractivity contribution in [3.63, 3.8) is 0 Å². The fourth-order valence-corrected chi connectivity index (χ4v) is 3.45. The van der Waals surface area contributed by atoms with Gasteiger partial charge in [-0.25, -0.2) is 9.97 Å². The minimum atomic E-state index is 0.547. The van der Waals surface area contributed by atoms with Crippen molar-refractivity contribution >= 4 is 17.4 Å². The van der Waals surface area contributed by atoms with Crippen LogP contribution in [0.4, 0.5) is 5.69 Å². The number of thioether (sulfide) groups is 1. The Morgan fingerprint density at radius 1 is 1.37 bits per heavy atom. The van der Waals surface area contributed by atoms with Gasteiger partial charge in [0.2, 0.25) is 0 Å². The number of pyridine rings is 1. The van der Waals surface area contributed by atoms with E-state index in [-0.39, 0.29) is 0 Å². The summed E-state index contributed by atoms with van der Waals surface area (Å²) in [5.41, 5.74) is 1.09. The molecule has 3 rings (SSSR count). The van der Waals surface area contributed by atoms with Gasteiger partial charge in [0.05, 0.1) is 5.69 Å². The first-order chi connectivity index (χ1) is 9.34. The number of aromatic nitrogens is 3. The topological polar surface area (TPSA) is 42.7 Å². The Labute approximate surface area is 117 Å². The lowest BCUT2D eigenvalue weighted by Gasteiger charge is -2.24. The largest absolute Gasteiger partial charge is 0.378 e. The summed E-state index contributed by atoms with van der Waals surface area (Å²) < 4.78 is 2.03. The summed E-state index contributed by atoms with van der Waals surface area (Å²) in [6.07, 6.45) is 8.13. The summed E-state index contributed by atoms with van der Waals surface area (Å²) >= 11 is 2.03. The average molecular weight is 274 g/mol. The lowest BCUT2D eigenvalue weighted by Crippen LogP contribution is -2.26. The molecule has 0 bridgehead atoms. The van der Waals surface area contributed by atoms with Crippen molar-refractivity contribution in [2.45, 2.75) is 25.8 Å². The summed E-state index contributed by atoms with van der Waals surface area (Å²) in [4.78, 5) is 8.77. The van der Waals surface area contributed by atoms with Gasteiger partial charge in [0.1, 0.15) is 5.82 Å². The number of hydrogen-bond acceptors (Lipinski definition) is 4. The summed E-state index contributed by atoms with van der Waals surface area (Å²) in [6.45, 7) is 1.99. The first kappa shape index (κ1) is 12.5. The average Bonchev–Trinajstić information content (AvgIpc) is 2.87. The zero-order valence-corrected chi connectivity index (χ0v) is 11.9. The Morgan fingerprint density at radius 2 is 2.32 bits per heavy atom. The van der Waals surface area contributed by atoms with E-state index < -0.39 is 0 Å². The molecule has 1 fully saturated rings. The van der Waals surface area contributed by atoms with E-state index in [1.54, 1.807) is 0 Å². The van der Waals surface area contributed by atoms with Crippen LogP contribution in [0.25, 0.3) is 5.82 Å². The maximum atomic E-state index is 4.50. The van der Waals surface area contributed by atoms with Crippen LogP contribution in [0, 0.1) is 6.92 Å². The molecule has 5 heteroatoms. The van der Waals surface area contributed by atoms with E-state index >= 15 is 0 Å². The number of nitrogens with one attached hydrogen (secondary N) is 1. The maximum Gasteiger partial charge on any atom is 0.161 e. The highest BCUT2D eigenvalue weighted by molar-refractivity contribution is 7.99. The van der Waals surface area contributed by atoms with Crippen LogP contribution in [0.15, 0.2) is 30.7 Å². The third-order valence-corrected chi connectivity index (χ3v) is 4.58. The van der Waals surface area contributed by atoms with Gasteiger partial charge in [-0.05, 0) is 37.7 Å². The molecule has 0 aliphatic carbocycles. The molecule has 0 aromatic carbocycles. The van der Waals surface area contributed by atoms with Crippen LogP contribution < -0.4 is 5.32 Å². The quantitative estimate of drug-likeness (QED) is 0.934. The van der Waals surface area contributed by atoms with Gasteiger partial charge in [-0.1, -0.05) is 0 Å². The van der Waals surface area contributed by atoms with Crippen molar-refractivity contribution in [1.29, 1.82) is 0 Å². The molecule has 19 heavy (non-hydrogen) atoms. The molecule has 1 aliphatic rings. The molecule has 1 saturated heterocycles. The van der Waals surface area contributed by atoms with Crippen LogP contribution in [0.5, 0.6) is 0 Å². The second-order valence-electron chi connectivity index (χ2n) is 4.78. The molecule has 0 radical (unpaired) electrons. The summed E-state index contributed by atoms with van der Waals surface area (Å²) in [7, 11) is 0. The van der Waals surface area contributed by atoms with Crippen LogP contribution in [0.2, 0.25) is 0 Å². The number of hydrogen-bond donors (Lipinski definition) is 1.